The van der Waals surface area contributed by atoms with Gasteiger partial charge in [-0.3, -0.25) is 0 Å². The highest BCUT2D eigenvalue weighted by atomic mass is 15.1. The summed E-state index contributed by atoms with van der Waals surface area (Å²) in [5, 5.41) is 0. The Balaban J connectivity index is 1.86. The maximum Gasteiger partial charge on any atom is 0.0426 e. The van der Waals surface area contributed by atoms with Crippen molar-refractivity contribution in [2.45, 2.75) is 38.6 Å². The molecule has 1 aromatic rings. The van der Waals surface area contributed by atoms with Gasteiger partial charge in [0.15, 0.2) is 0 Å². The fourth-order valence-electron chi connectivity index (χ4n) is 3.15. The molecule has 0 aromatic heterocycles. The molecule has 0 aliphatic heterocycles. The van der Waals surface area contributed by atoms with E-state index in [9.17, 15) is 0 Å². The number of rotatable bonds is 5. The van der Waals surface area contributed by atoms with Gasteiger partial charge < -0.3 is 10.6 Å². The molecular weight excluding hydrogens is 220 g/mol. The van der Waals surface area contributed by atoms with Gasteiger partial charge >= 0.3 is 0 Å². The quantitative estimate of drug-likeness (QED) is 0.865. The SMILES string of the molecule is Cc1ccccc1C(N)CN(C)CC1CCCC1. The molecule has 0 radical (unpaired) electrons. The highest BCUT2D eigenvalue weighted by Gasteiger charge is 2.18. The van der Waals surface area contributed by atoms with E-state index in [0.717, 1.165) is 12.5 Å². The molecule has 0 bridgehead atoms. The fourth-order valence-corrected chi connectivity index (χ4v) is 3.15. The van der Waals surface area contributed by atoms with Gasteiger partial charge in [-0.2, -0.15) is 0 Å². The number of hydrogen-bond donors (Lipinski definition) is 1. The molecule has 100 valence electrons. The van der Waals surface area contributed by atoms with E-state index < -0.39 is 0 Å². The third-order valence-electron chi connectivity index (χ3n) is 4.14. The third kappa shape index (κ3) is 3.56. The van der Waals surface area contributed by atoms with Crippen LogP contribution in [0.25, 0.3) is 0 Å². The Kier molecular flexibility index (Phi) is 4.79. The van der Waals surface area contributed by atoms with Crippen LogP contribution in [0.5, 0.6) is 0 Å². The molecule has 2 rings (SSSR count). The molecule has 1 saturated carbocycles. The molecule has 0 spiro atoms. The minimum Gasteiger partial charge on any atom is -0.323 e. The first-order valence-corrected chi connectivity index (χ1v) is 7.16. The van der Waals surface area contributed by atoms with Crippen molar-refractivity contribution >= 4 is 0 Å². The highest BCUT2D eigenvalue weighted by Crippen LogP contribution is 2.25. The van der Waals surface area contributed by atoms with Crippen molar-refractivity contribution in [1.82, 2.24) is 4.90 Å². The van der Waals surface area contributed by atoms with Crippen molar-refractivity contribution in [3.8, 4) is 0 Å². The van der Waals surface area contributed by atoms with Crippen LogP contribution in [0.1, 0.15) is 42.9 Å². The first kappa shape index (κ1) is 13.6. The summed E-state index contributed by atoms with van der Waals surface area (Å²) in [6.45, 7) is 4.31. The van der Waals surface area contributed by atoms with E-state index in [1.807, 2.05) is 0 Å². The predicted molar refractivity (Wildman–Crippen MR) is 77.6 cm³/mol. The lowest BCUT2D eigenvalue weighted by Gasteiger charge is -2.25. The average molecular weight is 246 g/mol. The van der Waals surface area contributed by atoms with Crippen LogP contribution in [0.2, 0.25) is 0 Å². The predicted octanol–water partition coefficient (Wildman–Crippen LogP) is 3.12. The number of nitrogens with two attached hydrogens (primary N) is 1. The Morgan fingerprint density at radius 2 is 1.94 bits per heavy atom. The molecule has 0 saturated heterocycles. The Hall–Kier alpha value is -0.860. The molecule has 1 aliphatic rings. The summed E-state index contributed by atoms with van der Waals surface area (Å²) in [5.74, 6) is 0.902. The monoisotopic (exact) mass is 246 g/mol. The molecule has 0 amide bonds. The highest BCUT2D eigenvalue weighted by molar-refractivity contribution is 5.28. The first-order chi connectivity index (χ1) is 8.66. The molecule has 2 heteroatoms. The zero-order chi connectivity index (χ0) is 13.0. The number of aryl methyl sites for hydroxylation is 1. The number of nitrogens with zero attached hydrogens (tertiary/aromatic N) is 1. The minimum absolute atomic E-state index is 0.137. The van der Waals surface area contributed by atoms with Crippen LogP contribution < -0.4 is 5.73 Å². The summed E-state index contributed by atoms with van der Waals surface area (Å²) >= 11 is 0. The molecule has 18 heavy (non-hydrogen) atoms. The Bertz CT molecular complexity index is 369. The van der Waals surface area contributed by atoms with Gasteiger partial charge in [0.25, 0.3) is 0 Å². The van der Waals surface area contributed by atoms with Gasteiger partial charge in [0.1, 0.15) is 0 Å². The number of hydrogen-bond acceptors (Lipinski definition) is 2. The minimum atomic E-state index is 0.137. The number of likely N-dealkylation sites (N-methyl/N-ethyl adjacent to an activating group) is 1. The van der Waals surface area contributed by atoms with Crippen molar-refractivity contribution in [2.24, 2.45) is 11.7 Å². The van der Waals surface area contributed by atoms with E-state index in [-0.39, 0.29) is 6.04 Å². The molecule has 1 fully saturated rings. The molecule has 2 N–H and O–H groups in total. The van der Waals surface area contributed by atoms with Crippen LogP contribution in [0.4, 0.5) is 0 Å². The Labute approximate surface area is 111 Å². The Morgan fingerprint density at radius 1 is 1.28 bits per heavy atom. The van der Waals surface area contributed by atoms with E-state index in [4.69, 9.17) is 5.73 Å². The van der Waals surface area contributed by atoms with Crippen molar-refractivity contribution in [3.63, 3.8) is 0 Å². The molecule has 2 nitrogen and oxygen atoms in total. The fraction of sp³-hybridized carbons (Fsp3) is 0.625. The molecule has 1 aromatic carbocycles. The van der Waals surface area contributed by atoms with Crippen LogP contribution in [0.3, 0.4) is 0 Å². The lowest BCUT2D eigenvalue weighted by molar-refractivity contribution is 0.263. The second kappa shape index (κ2) is 6.35. The largest absolute Gasteiger partial charge is 0.323 e. The van der Waals surface area contributed by atoms with Gasteiger partial charge in [0.2, 0.25) is 0 Å². The summed E-state index contributed by atoms with van der Waals surface area (Å²) in [4.78, 5) is 2.41. The molecular formula is C16H26N2. The Morgan fingerprint density at radius 3 is 2.61 bits per heavy atom. The third-order valence-corrected chi connectivity index (χ3v) is 4.14. The van der Waals surface area contributed by atoms with Crippen molar-refractivity contribution in [2.75, 3.05) is 20.1 Å². The van der Waals surface area contributed by atoms with E-state index in [1.165, 1.54) is 43.4 Å². The van der Waals surface area contributed by atoms with Crippen molar-refractivity contribution in [1.29, 1.82) is 0 Å². The maximum atomic E-state index is 6.33. The zero-order valence-electron chi connectivity index (χ0n) is 11.7. The van der Waals surface area contributed by atoms with Crippen molar-refractivity contribution in [3.05, 3.63) is 35.4 Å². The molecule has 1 unspecified atom stereocenters. The summed E-state index contributed by atoms with van der Waals surface area (Å²) in [6, 6.07) is 8.60. The normalized spacial score (nSPS) is 18.4. The summed E-state index contributed by atoms with van der Waals surface area (Å²) in [5.41, 5.74) is 8.92. The molecule has 0 heterocycles. The average Bonchev–Trinajstić information content (AvgIpc) is 2.82. The van der Waals surface area contributed by atoms with Gasteiger partial charge in [-0.25, -0.2) is 0 Å². The molecule has 1 aliphatic carbocycles. The second-order valence-corrected chi connectivity index (χ2v) is 5.83. The van der Waals surface area contributed by atoms with Crippen LogP contribution in [0, 0.1) is 12.8 Å². The standard InChI is InChI=1S/C16H26N2/c1-13-7-3-6-10-15(13)16(17)12-18(2)11-14-8-4-5-9-14/h3,6-7,10,14,16H,4-5,8-9,11-12,17H2,1-2H3. The first-order valence-electron chi connectivity index (χ1n) is 7.16. The van der Waals surface area contributed by atoms with Crippen LogP contribution in [0.15, 0.2) is 24.3 Å². The van der Waals surface area contributed by atoms with Gasteiger partial charge in [-0.1, -0.05) is 37.1 Å². The zero-order valence-corrected chi connectivity index (χ0v) is 11.7. The van der Waals surface area contributed by atoms with Crippen LogP contribution in [-0.4, -0.2) is 25.0 Å². The smallest absolute Gasteiger partial charge is 0.0426 e. The van der Waals surface area contributed by atoms with E-state index in [0.29, 0.717) is 0 Å². The lowest BCUT2D eigenvalue weighted by atomic mass is 10.0. The lowest BCUT2D eigenvalue weighted by Crippen LogP contribution is -2.32. The summed E-state index contributed by atoms with van der Waals surface area (Å²) < 4.78 is 0. The van der Waals surface area contributed by atoms with Gasteiger partial charge in [-0.05, 0) is 43.9 Å². The van der Waals surface area contributed by atoms with Crippen molar-refractivity contribution < 1.29 is 0 Å². The topological polar surface area (TPSA) is 29.3 Å². The van der Waals surface area contributed by atoms with Gasteiger partial charge in [0, 0.05) is 19.1 Å². The summed E-state index contributed by atoms with van der Waals surface area (Å²) in [7, 11) is 2.20. The summed E-state index contributed by atoms with van der Waals surface area (Å²) in [6.07, 6.45) is 5.65. The van der Waals surface area contributed by atoms with E-state index >= 15 is 0 Å². The van der Waals surface area contributed by atoms with Gasteiger partial charge in [-0.15, -0.1) is 0 Å². The molecule has 1 atom stereocenters. The van der Waals surface area contributed by atoms with Crippen LogP contribution >= 0.6 is 0 Å². The van der Waals surface area contributed by atoms with Crippen LogP contribution in [-0.2, 0) is 0 Å². The second-order valence-electron chi connectivity index (χ2n) is 5.83. The van der Waals surface area contributed by atoms with Gasteiger partial charge in [0.05, 0.1) is 0 Å². The number of benzene rings is 1. The maximum absolute atomic E-state index is 6.33. The van der Waals surface area contributed by atoms with E-state index in [2.05, 4.69) is 43.1 Å². The van der Waals surface area contributed by atoms with E-state index in [1.54, 1.807) is 0 Å².